The normalized spacial score (nSPS) is 12.2. The van der Waals surface area contributed by atoms with Crippen LogP contribution in [0.2, 0.25) is 0 Å². The standard InChI is InChI=1S/C11H16N2O2/c1-8(11(14)15)7-9-5-4-6-10(12-9)13(2)3/h4-6,8H,7H2,1-3H3,(H,14,15). The molecule has 0 aliphatic rings. The maximum atomic E-state index is 10.7. The number of nitrogens with zero attached hydrogens (tertiary/aromatic N) is 2. The molecule has 82 valence electrons. The largest absolute Gasteiger partial charge is 0.481 e. The summed E-state index contributed by atoms with van der Waals surface area (Å²) >= 11 is 0. The zero-order valence-electron chi connectivity index (χ0n) is 9.27. The number of carboxylic acid groups (broad SMARTS) is 1. The van der Waals surface area contributed by atoms with Crippen molar-refractivity contribution in [1.82, 2.24) is 4.98 Å². The van der Waals surface area contributed by atoms with E-state index in [-0.39, 0.29) is 0 Å². The number of rotatable bonds is 4. The van der Waals surface area contributed by atoms with E-state index in [1.165, 1.54) is 0 Å². The van der Waals surface area contributed by atoms with Crippen LogP contribution in [0.15, 0.2) is 18.2 Å². The van der Waals surface area contributed by atoms with E-state index in [0.717, 1.165) is 11.5 Å². The second kappa shape index (κ2) is 4.77. The second-order valence-electron chi connectivity index (χ2n) is 3.82. The van der Waals surface area contributed by atoms with Crippen molar-refractivity contribution in [1.29, 1.82) is 0 Å². The average Bonchev–Trinajstić information content (AvgIpc) is 2.18. The Morgan fingerprint density at radius 1 is 1.53 bits per heavy atom. The lowest BCUT2D eigenvalue weighted by molar-refractivity contribution is -0.141. The van der Waals surface area contributed by atoms with Crippen LogP contribution in [0.5, 0.6) is 0 Å². The molecule has 1 aromatic rings. The van der Waals surface area contributed by atoms with E-state index < -0.39 is 11.9 Å². The summed E-state index contributed by atoms with van der Waals surface area (Å²) in [6, 6.07) is 5.65. The third kappa shape index (κ3) is 3.23. The molecule has 1 atom stereocenters. The Kier molecular flexibility index (Phi) is 3.66. The van der Waals surface area contributed by atoms with Crippen molar-refractivity contribution in [2.75, 3.05) is 19.0 Å². The average molecular weight is 208 g/mol. The van der Waals surface area contributed by atoms with Gasteiger partial charge in [-0.1, -0.05) is 13.0 Å². The van der Waals surface area contributed by atoms with Crippen LogP contribution in [0, 0.1) is 5.92 Å². The van der Waals surface area contributed by atoms with Crippen LogP contribution in [0.25, 0.3) is 0 Å². The van der Waals surface area contributed by atoms with E-state index in [1.54, 1.807) is 6.92 Å². The van der Waals surface area contributed by atoms with Crippen molar-refractivity contribution in [3.8, 4) is 0 Å². The first-order chi connectivity index (χ1) is 7.00. The van der Waals surface area contributed by atoms with E-state index in [9.17, 15) is 4.79 Å². The SMILES string of the molecule is CC(Cc1cccc(N(C)C)n1)C(=O)O. The molecule has 0 amide bonds. The van der Waals surface area contributed by atoms with Crippen molar-refractivity contribution in [2.45, 2.75) is 13.3 Å². The Hall–Kier alpha value is -1.58. The van der Waals surface area contributed by atoms with Gasteiger partial charge >= 0.3 is 5.97 Å². The molecular weight excluding hydrogens is 192 g/mol. The zero-order valence-corrected chi connectivity index (χ0v) is 9.27. The summed E-state index contributed by atoms with van der Waals surface area (Å²) < 4.78 is 0. The highest BCUT2D eigenvalue weighted by Gasteiger charge is 2.12. The smallest absolute Gasteiger partial charge is 0.306 e. The van der Waals surface area contributed by atoms with E-state index in [0.29, 0.717) is 6.42 Å². The minimum absolute atomic E-state index is 0.394. The first-order valence-electron chi connectivity index (χ1n) is 4.86. The summed E-state index contributed by atoms with van der Waals surface area (Å²) in [7, 11) is 3.82. The molecular formula is C11H16N2O2. The molecule has 0 saturated heterocycles. The molecule has 1 aromatic heterocycles. The van der Waals surface area contributed by atoms with Crippen LogP contribution < -0.4 is 4.90 Å². The highest BCUT2D eigenvalue weighted by Crippen LogP contribution is 2.11. The van der Waals surface area contributed by atoms with Gasteiger partial charge < -0.3 is 10.0 Å². The van der Waals surface area contributed by atoms with Crippen molar-refractivity contribution in [2.24, 2.45) is 5.92 Å². The molecule has 15 heavy (non-hydrogen) atoms. The van der Waals surface area contributed by atoms with Gasteiger partial charge in [0.25, 0.3) is 0 Å². The number of carbonyl (C=O) groups is 1. The van der Waals surface area contributed by atoms with Gasteiger partial charge in [-0.25, -0.2) is 4.98 Å². The Morgan fingerprint density at radius 3 is 2.73 bits per heavy atom. The van der Waals surface area contributed by atoms with Crippen LogP contribution in [0.1, 0.15) is 12.6 Å². The number of aromatic nitrogens is 1. The minimum Gasteiger partial charge on any atom is -0.481 e. The van der Waals surface area contributed by atoms with E-state index in [1.807, 2.05) is 37.2 Å². The van der Waals surface area contributed by atoms with Gasteiger partial charge in [-0.3, -0.25) is 4.79 Å². The molecule has 0 saturated carbocycles. The Balaban J connectivity index is 2.78. The van der Waals surface area contributed by atoms with Crippen LogP contribution >= 0.6 is 0 Å². The Labute approximate surface area is 89.6 Å². The van der Waals surface area contributed by atoms with Crippen LogP contribution in [0.3, 0.4) is 0 Å². The van der Waals surface area contributed by atoms with Crippen molar-refractivity contribution < 1.29 is 9.90 Å². The van der Waals surface area contributed by atoms with Crippen LogP contribution in [-0.2, 0) is 11.2 Å². The van der Waals surface area contributed by atoms with Gasteiger partial charge in [0.15, 0.2) is 0 Å². The predicted octanol–water partition coefficient (Wildman–Crippen LogP) is 1.41. The lowest BCUT2D eigenvalue weighted by Crippen LogP contribution is -2.15. The number of pyridine rings is 1. The number of anilines is 1. The van der Waals surface area contributed by atoms with Crippen LogP contribution in [0.4, 0.5) is 5.82 Å². The van der Waals surface area contributed by atoms with Crippen molar-refractivity contribution in [3.63, 3.8) is 0 Å². The first-order valence-corrected chi connectivity index (χ1v) is 4.86. The molecule has 0 bridgehead atoms. The molecule has 0 aliphatic carbocycles. The van der Waals surface area contributed by atoms with E-state index in [4.69, 9.17) is 5.11 Å². The van der Waals surface area contributed by atoms with Crippen molar-refractivity contribution in [3.05, 3.63) is 23.9 Å². The topological polar surface area (TPSA) is 53.4 Å². The molecule has 0 radical (unpaired) electrons. The van der Waals surface area contributed by atoms with Gasteiger partial charge in [-0.15, -0.1) is 0 Å². The Morgan fingerprint density at radius 2 is 2.20 bits per heavy atom. The zero-order chi connectivity index (χ0) is 11.4. The summed E-state index contributed by atoms with van der Waals surface area (Å²) in [6.45, 7) is 1.69. The minimum atomic E-state index is -0.785. The number of hydrogen-bond donors (Lipinski definition) is 1. The maximum Gasteiger partial charge on any atom is 0.306 e. The van der Waals surface area contributed by atoms with Gasteiger partial charge in [-0.05, 0) is 12.1 Å². The summed E-state index contributed by atoms with van der Waals surface area (Å²) in [5, 5.41) is 8.78. The van der Waals surface area contributed by atoms with Gasteiger partial charge in [0, 0.05) is 26.2 Å². The molecule has 1 rings (SSSR count). The summed E-state index contributed by atoms with van der Waals surface area (Å²) in [6.07, 6.45) is 0.469. The summed E-state index contributed by atoms with van der Waals surface area (Å²) in [5.74, 6) is -0.327. The predicted molar refractivity (Wildman–Crippen MR) is 59.1 cm³/mol. The monoisotopic (exact) mass is 208 g/mol. The quantitative estimate of drug-likeness (QED) is 0.812. The maximum absolute atomic E-state index is 10.7. The van der Waals surface area contributed by atoms with Gasteiger partial charge in [-0.2, -0.15) is 0 Å². The lowest BCUT2D eigenvalue weighted by Gasteiger charge is -2.13. The highest BCUT2D eigenvalue weighted by atomic mass is 16.4. The Bertz CT molecular complexity index is 350. The van der Waals surface area contributed by atoms with Gasteiger partial charge in [0.05, 0.1) is 5.92 Å². The highest BCUT2D eigenvalue weighted by molar-refractivity contribution is 5.69. The van der Waals surface area contributed by atoms with Crippen molar-refractivity contribution >= 4 is 11.8 Å². The molecule has 1 unspecified atom stereocenters. The summed E-state index contributed by atoms with van der Waals surface area (Å²) in [5.41, 5.74) is 0.816. The fourth-order valence-electron chi connectivity index (χ4n) is 1.23. The molecule has 1 heterocycles. The molecule has 0 aliphatic heterocycles. The molecule has 0 fully saturated rings. The van der Waals surface area contributed by atoms with Gasteiger partial charge in [0.1, 0.15) is 5.82 Å². The fourth-order valence-corrected chi connectivity index (χ4v) is 1.23. The lowest BCUT2D eigenvalue weighted by atomic mass is 10.1. The third-order valence-corrected chi connectivity index (χ3v) is 2.19. The number of aliphatic carboxylic acids is 1. The number of hydrogen-bond acceptors (Lipinski definition) is 3. The van der Waals surface area contributed by atoms with E-state index in [2.05, 4.69) is 4.98 Å². The first kappa shape index (κ1) is 11.5. The third-order valence-electron chi connectivity index (χ3n) is 2.19. The molecule has 4 heteroatoms. The fraction of sp³-hybridized carbons (Fsp3) is 0.455. The molecule has 0 aromatic carbocycles. The van der Waals surface area contributed by atoms with Crippen LogP contribution in [-0.4, -0.2) is 30.2 Å². The van der Waals surface area contributed by atoms with E-state index >= 15 is 0 Å². The molecule has 4 nitrogen and oxygen atoms in total. The molecule has 1 N–H and O–H groups in total. The number of carboxylic acids is 1. The summed E-state index contributed by atoms with van der Waals surface area (Å²) in [4.78, 5) is 16.9. The second-order valence-corrected chi connectivity index (χ2v) is 3.82. The molecule has 0 spiro atoms. The van der Waals surface area contributed by atoms with Gasteiger partial charge in [0.2, 0.25) is 0 Å².